The van der Waals surface area contributed by atoms with Gasteiger partial charge in [0.25, 0.3) is 0 Å². The molecule has 1 rings (SSSR count). The van der Waals surface area contributed by atoms with Gasteiger partial charge in [-0.3, -0.25) is 0 Å². The molecule has 0 amide bonds. The molecule has 0 saturated carbocycles. The lowest BCUT2D eigenvalue weighted by atomic mass is 10.1. The average molecular weight is 358 g/mol. The molecule has 0 fully saturated rings. The van der Waals surface area contributed by atoms with E-state index < -0.39 is 24.6 Å². The molecule has 1 atom stereocenters. The van der Waals surface area contributed by atoms with Crippen LogP contribution in [-0.2, 0) is 4.74 Å². The second kappa shape index (κ2) is 7.95. The summed E-state index contributed by atoms with van der Waals surface area (Å²) in [6, 6.07) is 4.08. The van der Waals surface area contributed by atoms with Gasteiger partial charge in [0.15, 0.2) is 0 Å². The van der Waals surface area contributed by atoms with Gasteiger partial charge < -0.3 is 10.1 Å². The van der Waals surface area contributed by atoms with E-state index in [9.17, 15) is 17.6 Å². The van der Waals surface area contributed by atoms with Crippen LogP contribution in [0.15, 0.2) is 22.7 Å². The molecule has 2 nitrogen and oxygen atoms in total. The molecule has 0 aliphatic carbocycles. The lowest BCUT2D eigenvalue weighted by molar-refractivity contribution is -0.175. The molecule has 0 aliphatic rings. The molecule has 1 aromatic carbocycles. The summed E-state index contributed by atoms with van der Waals surface area (Å²) >= 11 is 3.06. The van der Waals surface area contributed by atoms with Gasteiger partial charge in [-0.2, -0.15) is 13.2 Å². The van der Waals surface area contributed by atoms with Crippen molar-refractivity contribution in [3.63, 3.8) is 0 Å². The highest BCUT2D eigenvalue weighted by molar-refractivity contribution is 9.10. The fourth-order valence-corrected chi connectivity index (χ4v) is 2.04. The number of hydrogen-bond donors (Lipinski definition) is 1. The standard InChI is InChI=1S/C13H16BrF4NO/c1-2-6-19-11(7-20-8-13(16,17)18)9-4-3-5-10(14)12(9)15/h3-5,11,19H,2,6-8H2,1H3. The number of rotatable bonds is 7. The van der Waals surface area contributed by atoms with Crippen molar-refractivity contribution in [2.75, 3.05) is 19.8 Å². The summed E-state index contributed by atoms with van der Waals surface area (Å²) in [6.45, 7) is 0.893. The van der Waals surface area contributed by atoms with Crippen LogP contribution < -0.4 is 5.32 Å². The van der Waals surface area contributed by atoms with Crippen LogP contribution in [0.1, 0.15) is 24.9 Å². The topological polar surface area (TPSA) is 21.3 Å². The molecule has 0 bridgehead atoms. The van der Waals surface area contributed by atoms with Crippen molar-refractivity contribution < 1.29 is 22.3 Å². The Morgan fingerprint density at radius 3 is 2.65 bits per heavy atom. The van der Waals surface area contributed by atoms with Crippen molar-refractivity contribution >= 4 is 15.9 Å². The summed E-state index contributed by atoms with van der Waals surface area (Å²) in [4.78, 5) is 0. The highest BCUT2D eigenvalue weighted by atomic mass is 79.9. The largest absolute Gasteiger partial charge is 0.411 e. The fourth-order valence-electron chi connectivity index (χ4n) is 1.66. The van der Waals surface area contributed by atoms with Crippen LogP contribution in [0, 0.1) is 5.82 Å². The molecule has 1 aromatic rings. The van der Waals surface area contributed by atoms with Crippen molar-refractivity contribution in [2.45, 2.75) is 25.6 Å². The van der Waals surface area contributed by atoms with E-state index in [1.807, 2.05) is 6.92 Å². The van der Waals surface area contributed by atoms with Gasteiger partial charge in [-0.15, -0.1) is 0 Å². The molecule has 0 saturated heterocycles. The van der Waals surface area contributed by atoms with Gasteiger partial charge in [0.2, 0.25) is 0 Å². The SMILES string of the molecule is CCCNC(COCC(F)(F)F)c1cccc(Br)c1F. The summed E-state index contributed by atoms with van der Waals surface area (Å²) in [7, 11) is 0. The molecule has 0 heterocycles. The third-order valence-electron chi connectivity index (χ3n) is 2.55. The van der Waals surface area contributed by atoms with E-state index in [1.54, 1.807) is 6.07 Å². The first-order valence-electron chi connectivity index (χ1n) is 6.17. The molecule has 0 aromatic heterocycles. The number of ether oxygens (including phenoxy) is 1. The van der Waals surface area contributed by atoms with Gasteiger partial charge in [0.05, 0.1) is 17.1 Å². The van der Waals surface area contributed by atoms with Gasteiger partial charge in [-0.1, -0.05) is 19.1 Å². The summed E-state index contributed by atoms with van der Waals surface area (Å²) in [5, 5.41) is 2.99. The summed E-state index contributed by atoms with van der Waals surface area (Å²) in [6.07, 6.45) is -3.60. The van der Waals surface area contributed by atoms with E-state index in [0.29, 0.717) is 6.54 Å². The third-order valence-corrected chi connectivity index (χ3v) is 3.16. The van der Waals surface area contributed by atoms with Crippen molar-refractivity contribution in [2.24, 2.45) is 0 Å². The van der Waals surface area contributed by atoms with Crippen molar-refractivity contribution in [3.8, 4) is 0 Å². The average Bonchev–Trinajstić information content (AvgIpc) is 2.36. The minimum Gasteiger partial charge on any atom is -0.370 e. The maximum Gasteiger partial charge on any atom is 0.411 e. The zero-order chi connectivity index (χ0) is 15.2. The number of nitrogens with one attached hydrogen (secondary N) is 1. The Bertz CT molecular complexity index is 425. The lowest BCUT2D eigenvalue weighted by Crippen LogP contribution is -2.29. The van der Waals surface area contributed by atoms with Crippen molar-refractivity contribution in [3.05, 3.63) is 34.1 Å². The lowest BCUT2D eigenvalue weighted by Gasteiger charge is -2.20. The quantitative estimate of drug-likeness (QED) is 0.738. The molecule has 7 heteroatoms. The van der Waals surface area contributed by atoms with Crippen LogP contribution in [0.3, 0.4) is 0 Å². The molecule has 1 unspecified atom stereocenters. The first-order valence-corrected chi connectivity index (χ1v) is 6.96. The van der Waals surface area contributed by atoms with E-state index >= 15 is 0 Å². The maximum absolute atomic E-state index is 14.0. The number of benzene rings is 1. The highest BCUT2D eigenvalue weighted by Crippen LogP contribution is 2.25. The maximum atomic E-state index is 14.0. The first kappa shape index (κ1) is 17.4. The molecule has 114 valence electrons. The Balaban J connectivity index is 2.75. The van der Waals surface area contributed by atoms with Crippen LogP contribution >= 0.6 is 15.9 Å². The Morgan fingerprint density at radius 1 is 1.35 bits per heavy atom. The summed E-state index contributed by atoms with van der Waals surface area (Å²) < 4.78 is 55.1. The Hall–Kier alpha value is -0.660. The van der Waals surface area contributed by atoms with Crippen LogP contribution in [-0.4, -0.2) is 25.9 Å². The van der Waals surface area contributed by atoms with E-state index in [2.05, 4.69) is 26.0 Å². The summed E-state index contributed by atoms with van der Waals surface area (Å²) in [5.41, 5.74) is 0.287. The second-order valence-corrected chi connectivity index (χ2v) is 5.13. The van der Waals surface area contributed by atoms with Crippen LogP contribution in [0.25, 0.3) is 0 Å². The second-order valence-electron chi connectivity index (χ2n) is 4.28. The van der Waals surface area contributed by atoms with Crippen LogP contribution in [0.4, 0.5) is 17.6 Å². The van der Waals surface area contributed by atoms with Gasteiger partial charge in [-0.25, -0.2) is 4.39 Å². The van der Waals surface area contributed by atoms with Gasteiger partial charge in [0, 0.05) is 5.56 Å². The molecule has 0 spiro atoms. The number of hydrogen-bond acceptors (Lipinski definition) is 2. The third kappa shape index (κ3) is 5.76. The normalized spacial score (nSPS) is 13.5. The van der Waals surface area contributed by atoms with E-state index in [1.165, 1.54) is 12.1 Å². The highest BCUT2D eigenvalue weighted by Gasteiger charge is 2.28. The Kier molecular flexibility index (Phi) is 6.91. The first-order chi connectivity index (χ1) is 9.35. The molecule has 20 heavy (non-hydrogen) atoms. The molecular weight excluding hydrogens is 342 g/mol. The van der Waals surface area contributed by atoms with Gasteiger partial charge >= 0.3 is 6.18 Å². The number of halogens is 5. The molecule has 1 N–H and O–H groups in total. The summed E-state index contributed by atoms with van der Waals surface area (Å²) in [5.74, 6) is -0.489. The molecule has 0 radical (unpaired) electrons. The Labute approximate surface area is 123 Å². The minimum absolute atomic E-state index is 0.243. The van der Waals surface area contributed by atoms with Crippen LogP contribution in [0.5, 0.6) is 0 Å². The number of alkyl halides is 3. The fraction of sp³-hybridized carbons (Fsp3) is 0.538. The predicted octanol–water partition coefficient (Wildman–Crippen LogP) is 4.21. The van der Waals surface area contributed by atoms with Crippen molar-refractivity contribution in [1.29, 1.82) is 0 Å². The monoisotopic (exact) mass is 357 g/mol. The van der Waals surface area contributed by atoms with E-state index in [4.69, 9.17) is 0 Å². The zero-order valence-electron chi connectivity index (χ0n) is 10.9. The Morgan fingerprint density at radius 2 is 2.05 bits per heavy atom. The van der Waals surface area contributed by atoms with Crippen LogP contribution in [0.2, 0.25) is 0 Å². The van der Waals surface area contributed by atoms with Crippen molar-refractivity contribution in [1.82, 2.24) is 5.32 Å². The smallest absolute Gasteiger partial charge is 0.370 e. The van der Waals surface area contributed by atoms with E-state index in [-0.39, 0.29) is 16.6 Å². The predicted molar refractivity (Wildman–Crippen MR) is 72.0 cm³/mol. The van der Waals surface area contributed by atoms with Gasteiger partial charge in [0.1, 0.15) is 12.4 Å². The molecular formula is C13H16BrF4NO. The van der Waals surface area contributed by atoms with Gasteiger partial charge in [-0.05, 0) is 35.0 Å². The minimum atomic E-state index is -4.38. The molecule has 0 aliphatic heterocycles. The van der Waals surface area contributed by atoms with E-state index in [0.717, 1.165) is 6.42 Å². The zero-order valence-corrected chi connectivity index (χ0v) is 12.5.